The van der Waals surface area contributed by atoms with Gasteiger partial charge in [0.25, 0.3) is 0 Å². The number of amidine groups is 1. The molecule has 0 spiro atoms. The fourth-order valence-corrected chi connectivity index (χ4v) is 2.39. The van der Waals surface area contributed by atoms with Crippen LogP contribution in [0.1, 0.15) is 18.4 Å². The first-order valence-corrected chi connectivity index (χ1v) is 7.36. The summed E-state index contributed by atoms with van der Waals surface area (Å²) in [6.07, 6.45) is 5.46. The molecule has 5 heteroatoms. The van der Waals surface area contributed by atoms with E-state index >= 15 is 0 Å². The van der Waals surface area contributed by atoms with Gasteiger partial charge in [0.15, 0.2) is 0 Å². The quantitative estimate of drug-likeness (QED) is 0.422. The first kappa shape index (κ1) is 15.7. The van der Waals surface area contributed by atoms with E-state index in [2.05, 4.69) is 15.4 Å². The van der Waals surface area contributed by atoms with Gasteiger partial charge in [0.2, 0.25) is 0 Å². The van der Waals surface area contributed by atoms with Crippen molar-refractivity contribution < 1.29 is 10.3 Å². The van der Waals surface area contributed by atoms with Crippen molar-refractivity contribution in [2.24, 2.45) is 4.99 Å². The lowest BCUT2D eigenvalue weighted by Gasteiger charge is -2.17. The average molecular weight is 289 g/mol. The lowest BCUT2D eigenvalue weighted by molar-refractivity contribution is 0.132. The van der Waals surface area contributed by atoms with E-state index in [1.165, 1.54) is 12.8 Å². The normalized spacial score (nSPS) is 18.3. The van der Waals surface area contributed by atoms with Gasteiger partial charge >= 0.3 is 0 Å². The van der Waals surface area contributed by atoms with E-state index in [9.17, 15) is 5.11 Å². The van der Waals surface area contributed by atoms with Crippen LogP contribution in [0, 0.1) is 0 Å². The van der Waals surface area contributed by atoms with Crippen molar-refractivity contribution in [3.8, 4) is 0 Å². The molecule has 1 aliphatic heterocycles. The smallest absolute Gasteiger partial charge is 0.144 e. The molecule has 1 aromatic rings. The second-order valence-corrected chi connectivity index (χ2v) is 5.24. The van der Waals surface area contributed by atoms with Crippen LogP contribution in [0.3, 0.4) is 0 Å². The maximum atomic E-state index is 9.96. The largest absolute Gasteiger partial charge is 0.390 e. The molecule has 0 radical (unpaired) electrons. The zero-order valence-electron chi connectivity index (χ0n) is 12.2. The Bertz CT molecular complexity index is 468. The third-order valence-corrected chi connectivity index (χ3v) is 3.49. The van der Waals surface area contributed by atoms with E-state index in [0.29, 0.717) is 12.4 Å². The van der Waals surface area contributed by atoms with E-state index in [1.807, 2.05) is 36.4 Å². The zero-order chi connectivity index (χ0) is 14.9. The SMILES string of the molecule is ONC(/C=C/c1ccccc1)=NCC(O)CN1CCCC1. The van der Waals surface area contributed by atoms with Crippen molar-refractivity contribution in [3.05, 3.63) is 42.0 Å². The fourth-order valence-electron chi connectivity index (χ4n) is 2.39. The molecule has 3 N–H and O–H groups in total. The summed E-state index contributed by atoms with van der Waals surface area (Å²) in [5.74, 6) is 0.347. The van der Waals surface area contributed by atoms with Crippen molar-refractivity contribution in [1.29, 1.82) is 0 Å². The van der Waals surface area contributed by atoms with Crippen molar-refractivity contribution in [1.82, 2.24) is 10.4 Å². The summed E-state index contributed by atoms with van der Waals surface area (Å²) in [6, 6.07) is 9.78. The molecule has 21 heavy (non-hydrogen) atoms. The highest BCUT2D eigenvalue weighted by Crippen LogP contribution is 2.07. The first-order valence-electron chi connectivity index (χ1n) is 7.36. The summed E-state index contributed by atoms with van der Waals surface area (Å²) < 4.78 is 0. The summed E-state index contributed by atoms with van der Waals surface area (Å²) in [7, 11) is 0. The standard InChI is InChI=1S/C16H23N3O2/c20-15(13-19-10-4-5-11-19)12-17-16(18-21)9-8-14-6-2-1-3-7-14/h1-3,6-9,15,20-21H,4-5,10-13H2,(H,17,18)/b9-8+. The number of aliphatic hydroxyl groups excluding tert-OH is 1. The number of hydrogen-bond acceptors (Lipinski definition) is 4. The van der Waals surface area contributed by atoms with Crippen LogP contribution in [0.4, 0.5) is 0 Å². The molecule has 1 unspecified atom stereocenters. The Morgan fingerprint density at radius 2 is 2.00 bits per heavy atom. The first-order chi connectivity index (χ1) is 10.3. The van der Waals surface area contributed by atoms with Crippen LogP contribution >= 0.6 is 0 Å². The summed E-state index contributed by atoms with van der Waals surface area (Å²) in [5, 5.41) is 19.0. The van der Waals surface area contributed by atoms with Gasteiger partial charge in [0.05, 0.1) is 12.6 Å². The minimum atomic E-state index is -0.503. The van der Waals surface area contributed by atoms with Crippen LogP contribution < -0.4 is 5.48 Å². The number of nitrogens with zero attached hydrogens (tertiary/aromatic N) is 2. The molecule has 0 aliphatic carbocycles. The van der Waals surface area contributed by atoms with Gasteiger partial charge in [-0.3, -0.25) is 15.7 Å². The number of nitrogens with one attached hydrogen (secondary N) is 1. The summed E-state index contributed by atoms with van der Waals surface area (Å²) >= 11 is 0. The third-order valence-electron chi connectivity index (χ3n) is 3.49. The molecule has 0 amide bonds. The maximum Gasteiger partial charge on any atom is 0.144 e. The van der Waals surface area contributed by atoms with Crippen LogP contribution in [0.15, 0.2) is 41.4 Å². The maximum absolute atomic E-state index is 9.96. The van der Waals surface area contributed by atoms with Gasteiger partial charge in [-0.2, -0.15) is 0 Å². The van der Waals surface area contributed by atoms with Crippen molar-refractivity contribution in [3.63, 3.8) is 0 Å². The predicted molar refractivity (Wildman–Crippen MR) is 84.4 cm³/mol. The number of benzene rings is 1. The van der Waals surface area contributed by atoms with Gasteiger partial charge in [-0.05, 0) is 37.6 Å². The van der Waals surface area contributed by atoms with Gasteiger partial charge in [-0.1, -0.05) is 36.4 Å². The van der Waals surface area contributed by atoms with E-state index in [4.69, 9.17) is 5.21 Å². The van der Waals surface area contributed by atoms with Crippen LogP contribution in [-0.2, 0) is 0 Å². The Morgan fingerprint density at radius 1 is 1.29 bits per heavy atom. The lowest BCUT2D eigenvalue weighted by atomic mass is 10.2. The Labute approximate surface area is 125 Å². The molecule has 1 atom stereocenters. The van der Waals surface area contributed by atoms with Gasteiger partial charge < -0.3 is 10.0 Å². The number of likely N-dealkylation sites (tertiary alicyclic amines) is 1. The number of hydrogen-bond donors (Lipinski definition) is 3. The van der Waals surface area contributed by atoms with E-state index in [0.717, 1.165) is 18.7 Å². The van der Waals surface area contributed by atoms with Crippen LogP contribution in [-0.4, -0.2) is 53.3 Å². The van der Waals surface area contributed by atoms with Crippen molar-refractivity contribution in [2.45, 2.75) is 18.9 Å². The molecule has 1 saturated heterocycles. The molecule has 5 nitrogen and oxygen atoms in total. The highest BCUT2D eigenvalue weighted by Gasteiger charge is 2.15. The van der Waals surface area contributed by atoms with E-state index in [1.54, 1.807) is 6.08 Å². The Kier molecular flexibility index (Phi) is 6.40. The molecule has 1 aromatic carbocycles. The van der Waals surface area contributed by atoms with Crippen LogP contribution in [0.5, 0.6) is 0 Å². The number of aliphatic hydroxyl groups is 1. The summed E-state index contributed by atoms with van der Waals surface area (Å²) in [4.78, 5) is 6.43. The van der Waals surface area contributed by atoms with Gasteiger partial charge in [0.1, 0.15) is 5.84 Å². The van der Waals surface area contributed by atoms with E-state index in [-0.39, 0.29) is 6.54 Å². The second-order valence-electron chi connectivity index (χ2n) is 5.24. The number of hydroxylamine groups is 1. The van der Waals surface area contributed by atoms with Gasteiger partial charge in [-0.15, -0.1) is 0 Å². The van der Waals surface area contributed by atoms with Crippen LogP contribution in [0.2, 0.25) is 0 Å². The Balaban J connectivity index is 1.83. The van der Waals surface area contributed by atoms with Crippen LogP contribution in [0.25, 0.3) is 6.08 Å². The monoisotopic (exact) mass is 289 g/mol. The number of rotatable bonds is 6. The molecular weight excluding hydrogens is 266 g/mol. The van der Waals surface area contributed by atoms with Gasteiger partial charge in [0, 0.05) is 6.54 Å². The minimum Gasteiger partial charge on any atom is -0.390 e. The molecule has 0 bridgehead atoms. The summed E-state index contributed by atoms with van der Waals surface area (Å²) in [6.45, 7) is 3.03. The second kappa shape index (κ2) is 8.56. The number of β-amino-alcohol motifs (C(OH)–C–C–N with tert-alkyl or cyclic N) is 1. The molecular formula is C16H23N3O2. The topological polar surface area (TPSA) is 68.1 Å². The molecule has 1 fully saturated rings. The van der Waals surface area contributed by atoms with Crippen molar-refractivity contribution >= 4 is 11.9 Å². The predicted octanol–water partition coefficient (Wildman–Crippen LogP) is 1.53. The average Bonchev–Trinajstić information content (AvgIpc) is 3.01. The molecule has 2 rings (SSSR count). The fraction of sp³-hybridized carbons (Fsp3) is 0.438. The molecule has 0 aromatic heterocycles. The molecule has 0 saturated carbocycles. The molecule has 114 valence electrons. The third kappa shape index (κ3) is 5.67. The minimum absolute atomic E-state index is 0.276. The Morgan fingerprint density at radius 3 is 2.67 bits per heavy atom. The number of aliphatic imine (C=N–C) groups is 1. The highest BCUT2D eigenvalue weighted by atomic mass is 16.5. The zero-order valence-corrected chi connectivity index (χ0v) is 12.2. The van der Waals surface area contributed by atoms with Gasteiger partial charge in [-0.25, -0.2) is 0 Å². The molecule has 1 heterocycles. The molecule has 1 aliphatic rings. The lowest BCUT2D eigenvalue weighted by Crippen LogP contribution is -2.32. The highest BCUT2D eigenvalue weighted by molar-refractivity contribution is 5.95. The van der Waals surface area contributed by atoms with E-state index < -0.39 is 6.10 Å². The summed E-state index contributed by atoms with van der Waals surface area (Å²) in [5.41, 5.74) is 3.09. The van der Waals surface area contributed by atoms with Crippen molar-refractivity contribution in [2.75, 3.05) is 26.2 Å². The Hall–Kier alpha value is -1.69.